The summed E-state index contributed by atoms with van der Waals surface area (Å²) in [4.78, 5) is 1.95. The van der Waals surface area contributed by atoms with Crippen LogP contribution in [0.1, 0.15) is 26.3 Å². The molecule has 0 unspecified atom stereocenters. The number of thioether (sulfide) groups is 1. The highest BCUT2D eigenvalue weighted by molar-refractivity contribution is 7.99. The molecule has 0 N–H and O–H groups in total. The minimum atomic E-state index is 0.317. The summed E-state index contributed by atoms with van der Waals surface area (Å²) in [5, 5.41) is 17.7. The lowest BCUT2D eigenvalue weighted by Crippen LogP contribution is -2.17. The molecule has 0 aromatic carbocycles. The van der Waals surface area contributed by atoms with E-state index < -0.39 is 0 Å². The Morgan fingerprint density at radius 3 is 2.62 bits per heavy atom. The molecule has 6 heteroatoms. The summed E-state index contributed by atoms with van der Waals surface area (Å²) in [7, 11) is 3.90. The van der Waals surface area contributed by atoms with Gasteiger partial charge in [-0.15, -0.1) is 10.2 Å². The van der Waals surface area contributed by atoms with Crippen LogP contribution in [0.3, 0.4) is 0 Å². The molecular weight excluding hydrogens is 222 g/mol. The Kier molecular flexibility index (Phi) is 4.62. The summed E-state index contributed by atoms with van der Waals surface area (Å²) in [6, 6.07) is 2.44. The Morgan fingerprint density at radius 1 is 1.44 bits per heavy atom. The SMILES string of the molecule is CC(C)n1c(SCCC#N)nnc1N(C)C. The molecule has 88 valence electrons. The lowest BCUT2D eigenvalue weighted by atomic mass is 10.4. The molecule has 0 spiro atoms. The Balaban J connectivity index is 2.88. The Morgan fingerprint density at radius 2 is 2.12 bits per heavy atom. The zero-order valence-corrected chi connectivity index (χ0v) is 11.0. The van der Waals surface area contributed by atoms with Crippen LogP contribution >= 0.6 is 11.8 Å². The molecule has 0 bridgehead atoms. The Labute approximate surface area is 100 Å². The monoisotopic (exact) mass is 239 g/mol. The van der Waals surface area contributed by atoms with Crippen molar-refractivity contribution in [2.45, 2.75) is 31.5 Å². The van der Waals surface area contributed by atoms with E-state index in [1.54, 1.807) is 11.8 Å². The first-order chi connectivity index (χ1) is 7.57. The molecule has 0 fully saturated rings. The van der Waals surface area contributed by atoms with Crippen molar-refractivity contribution in [3.8, 4) is 6.07 Å². The van der Waals surface area contributed by atoms with Crippen LogP contribution in [0.15, 0.2) is 5.16 Å². The molecule has 0 radical (unpaired) electrons. The molecule has 0 aliphatic rings. The molecule has 5 nitrogen and oxygen atoms in total. The first-order valence-corrected chi connectivity index (χ1v) is 6.18. The van der Waals surface area contributed by atoms with Gasteiger partial charge in [0.05, 0.1) is 6.07 Å². The number of hydrogen-bond donors (Lipinski definition) is 0. The van der Waals surface area contributed by atoms with Gasteiger partial charge in [0.15, 0.2) is 5.16 Å². The van der Waals surface area contributed by atoms with Crippen LogP contribution in [0, 0.1) is 11.3 Å². The van der Waals surface area contributed by atoms with Crippen LogP contribution in [0.25, 0.3) is 0 Å². The molecule has 0 saturated carbocycles. The van der Waals surface area contributed by atoms with Gasteiger partial charge in [0.2, 0.25) is 5.95 Å². The molecule has 16 heavy (non-hydrogen) atoms. The zero-order chi connectivity index (χ0) is 12.1. The van der Waals surface area contributed by atoms with Crippen molar-refractivity contribution < 1.29 is 0 Å². The van der Waals surface area contributed by atoms with Gasteiger partial charge in [-0.2, -0.15) is 5.26 Å². The van der Waals surface area contributed by atoms with E-state index in [0.29, 0.717) is 12.5 Å². The van der Waals surface area contributed by atoms with Gasteiger partial charge in [0, 0.05) is 32.3 Å². The van der Waals surface area contributed by atoms with Crippen molar-refractivity contribution in [2.75, 3.05) is 24.7 Å². The van der Waals surface area contributed by atoms with Crippen LogP contribution in [-0.4, -0.2) is 34.6 Å². The predicted molar refractivity (Wildman–Crippen MR) is 65.7 cm³/mol. The zero-order valence-electron chi connectivity index (χ0n) is 10.1. The minimum absolute atomic E-state index is 0.317. The van der Waals surface area contributed by atoms with Gasteiger partial charge in [0.25, 0.3) is 0 Å². The molecule has 0 amide bonds. The highest BCUT2D eigenvalue weighted by Crippen LogP contribution is 2.25. The molecular formula is C10H17N5S. The lowest BCUT2D eigenvalue weighted by molar-refractivity contribution is 0.549. The Hall–Kier alpha value is -1.22. The van der Waals surface area contributed by atoms with E-state index in [1.165, 1.54) is 0 Å². The smallest absolute Gasteiger partial charge is 0.227 e. The van der Waals surface area contributed by atoms with Gasteiger partial charge >= 0.3 is 0 Å². The minimum Gasteiger partial charge on any atom is -0.347 e. The quantitative estimate of drug-likeness (QED) is 0.580. The topological polar surface area (TPSA) is 57.7 Å². The number of hydrogen-bond acceptors (Lipinski definition) is 5. The second kappa shape index (κ2) is 5.75. The van der Waals surface area contributed by atoms with Crippen molar-refractivity contribution in [3.05, 3.63) is 0 Å². The summed E-state index contributed by atoms with van der Waals surface area (Å²) < 4.78 is 2.09. The van der Waals surface area contributed by atoms with Crippen molar-refractivity contribution in [1.82, 2.24) is 14.8 Å². The van der Waals surface area contributed by atoms with Crippen molar-refractivity contribution in [2.24, 2.45) is 0 Å². The van der Waals surface area contributed by atoms with Crippen LogP contribution in [-0.2, 0) is 0 Å². The summed E-state index contributed by atoms with van der Waals surface area (Å²) in [5.41, 5.74) is 0. The average Bonchev–Trinajstić information content (AvgIpc) is 2.62. The van der Waals surface area contributed by atoms with E-state index >= 15 is 0 Å². The van der Waals surface area contributed by atoms with Crippen molar-refractivity contribution in [3.63, 3.8) is 0 Å². The molecule has 1 aromatic rings. The van der Waals surface area contributed by atoms with E-state index in [1.807, 2.05) is 19.0 Å². The van der Waals surface area contributed by atoms with Gasteiger partial charge < -0.3 is 4.90 Å². The maximum absolute atomic E-state index is 8.50. The molecule has 0 aliphatic carbocycles. The summed E-state index contributed by atoms with van der Waals surface area (Å²) in [5.74, 6) is 1.61. The number of nitrogens with zero attached hydrogens (tertiary/aromatic N) is 5. The normalized spacial score (nSPS) is 10.5. The fraction of sp³-hybridized carbons (Fsp3) is 0.700. The van der Waals surface area contributed by atoms with Crippen LogP contribution < -0.4 is 4.90 Å². The third kappa shape index (κ3) is 2.89. The fourth-order valence-corrected chi connectivity index (χ4v) is 2.22. The standard InChI is InChI=1S/C10H17N5S/c1-8(2)15-9(14(3)4)12-13-10(15)16-7-5-6-11/h8H,5,7H2,1-4H3. The highest BCUT2D eigenvalue weighted by atomic mass is 32.2. The number of rotatable bonds is 5. The van der Waals surface area contributed by atoms with E-state index in [4.69, 9.17) is 5.26 Å². The maximum atomic E-state index is 8.50. The van der Waals surface area contributed by atoms with E-state index in [0.717, 1.165) is 16.9 Å². The van der Waals surface area contributed by atoms with E-state index in [2.05, 4.69) is 34.7 Å². The summed E-state index contributed by atoms with van der Waals surface area (Å²) in [6.45, 7) is 4.20. The van der Waals surface area contributed by atoms with Gasteiger partial charge in [-0.3, -0.25) is 4.57 Å². The van der Waals surface area contributed by atoms with Gasteiger partial charge in [0.1, 0.15) is 0 Å². The lowest BCUT2D eigenvalue weighted by Gasteiger charge is -2.17. The molecule has 1 rings (SSSR count). The summed E-state index contributed by atoms with van der Waals surface area (Å²) >= 11 is 1.58. The van der Waals surface area contributed by atoms with E-state index in [9.17, 15) is 0 Å². The highest BCUT2D eigenvalue weighted by Gasteiger charge is 2.15. The van der Waals surface area contributed by atoms with Crippen molar-refractivity contribution in [1.29, 1.82) is 5.26 Å². The third-order valence-corrected chi connectivity index (χ3v) is 2.95. The van der Waals surface area contributed by atoms with E-state index in [-0.39, 0.29) is 0 Å². The van der Waals surface area contributed by atoms with Crippen LogP contribution in [0.4, 0.5) is 5.95 Å². The van der Waals surface area contributed by atoms with Gasteiger partial charge in [-0.1, -0.05) is 11.8 Å². The molecule has 1 heterocycles. The Bertz CT molecular complexity index is 377. The van der Waals surface area contributed by atoms with Crippen LogP contribution in [0.5, 0.6) is 0 Å². The largest absolute Gasteiger partial charge is 0.347 e. The second-order valence-electron chi connectivity index (χ2n) is 3.90. The number of aromatic nitrogens is 3. The van der Waals surface area contributed by atoms with Gasteiger partial charge in [-0.05, 0) is 13.8 Å². The van der Waals surface area contributed by atoms with Crippen molar-refractivity contribution >= 4 is 17.7 Å². The molecule has 1 aromatic heterocycles. The van der Waals surface area contributed by atoms with Gasteiger partial charge in [-0.25, -0.2) is 0 Å². The average molecular weight is 239 g/mol. The predicted octanol–water partition coefficient (Wildman–Crippen LogP) is 1.93. The molecule has 0 atom stereocenters. The third-order valence-electron chi connectivity index (χ3n) is 2.01. The molecule has 0 aliphatic heterocycles. The first kappa shape index (κ1) is 12.8. The first-order valence-electron chi connectivity index (χ1n) is 5.20. The second-order valence-corrected chi connectivity index (χ2v) is 4.96. The summed E-state index contributed by atoms with van der Waals surface area (Å²) in [6.07, 6.45) is 0.535. The number of nitriles is 1. The molecule has 0 saturated heterocycles. The fourth-order valence-electron chi connectivity index (χ4n) is 1.31. The maximum Gasteiger partial charge on any atom is 0.227 e. The van der Waals surface area contributed by atoms with Crippen LogP contribution in [0.2, 0.25) is 0 Å². The number of anilines is 1.